The molecule has 1 aromatic heterocycles. The van der Waals surface area contributed by atoms with Gasteiger partial charge in [0.15, 0.2) is 10.0 Å². The van der Waals surface area contributed by atoms with E-state index in [1.54, 1.807) is 23.7 Å². The molecule has 9 nitrogen and oxygen atoms in total. The van der Waals surface area contributed by atoms with Crippen LogP contribution in [0.3, 0.4) is 0 Å². The summed E-state index contributed by atoms with van der Waals surface area (Å²) in [4.78, 5) is 19.9. The molecular weight excluding hydrogens is 559 g/mol. The number of anilines is 1. The molecule has 3 aromatic rings. The number of hydroxylamine groups is 1. The van der Waals surface area contributed by atoms with Crippen molar-refractivity contribution in [1.29, 1.82) is 0 Å². The average molecular weight is 586 g/mol. The third-order valence-corrected chi connectivity index (χ3v) is 9.87. The van der Waals surface area contributed by atoms with Gasteiger partial charge in [-0.3, -0.25) is 10.0 Å². The molecule has 0 spiro atoms. The number of aromatic nitrogens is 1. The van der Waals surface area contributed by atoms with Gasteiger partial charge in [0.2, 0.25) is 4.75 Å². The van der Waals surface area contributed by atoms with Crippen LogP contribution < -0.4 is 19.9 Å². The van der Waals surface area contributed by atoms with E-state index in [4.69, 9.17) is 14.5 Å². The number of carbonyl (C=O) groups excluding carboxylic acids is 1. The second-order valence-corrected chi connectivity index (χ2v) is 12.1. The lowest BCUT2D eigenvalue weighted by atomic mass is 9.98. The molecule has 1 atom stereocenters. The fraction of sp³-hybridized carbons (Fsp3) is 0.440. The zero-order valence-corrected chi connectivity index (χ0v) is 22.2. The maximum absolute atomic E-state index is 13.5. The summed E-state index contributed by atoms with van der Waals surface area (Å²) in [5.74, 6) is -0.502. The van der Waals surface area contributed by atoms with Gasteiger partial charge in [-0.15, -0.1) is 13.2 Å². The monoisotopic (exact) mass is 585 g/mol. The van der Waals surface area contributed by atoms with E-state index in [2.05, 4.69) is 9.64 Å². The van der Waals surface area contributed by atoms with Crippen molar-refractivity contribution in [2.45, 2.75) is 47.8 Å². The Balaban J connectivity index is 1.22. The number of benzene rings is 2. The van der Waals surface area contributed by atoms with Crippen LogP contribution in [0.15, 0.2) is 47.4 Å². The molecule has 0 aliphatic carbocycles. The van der Waals surface area contributed by atoms with Crippen LogP contribution in [0.2, 0.25) is 0 Å². The van der Waals surface area contributed by atoms with Gasteiger partial charge >= 0.3 is 6.36 Å². The third-order valence-electron chi connectivity index (χ3n) is 6.81. The molecular formula is C25H26F3N3O6S2. The molecule has 1 amide bonds. The van der Waals surface area contributed by atoms with Crippen LogP contribution in [0.4, 0.5) is 18.3 Å². The van der Waals surface area contributed by atoms with Crippen LogP contribution in [0.25, 0.3) is 10.2 Å². The molecule has 2 aliphatic rings. The number of hydrogen-bond donors (Lipinski definition) is 2. The smallest absolute Gasteiger partial charge is 0.573 e. The molecule has 3 heterocycles. The fourth-order valence-electron chi connectivity index (χ4n) is 4.75. The molecule has 2 saturated heterocycles. The number of amides is 1. The Labute approximate surface area is 229 Å². The van der Waals surface area contributed by atoms with E-state index < -0.39 is 28.2 Å². The Morgan fingerprint density at radius 2 is 1.82 bits per heavy atom. The number of thiazole rings is 1. The standard InChI is InChI=1S/C25H26F3N3O6S2/c26-25(27,28)37-18-3-1-16(2-4-18)36-17-7-11-31(12-8-17)23-29-20-6-5-19(15-21(20)38-23)39(34)24(22(32)30-33)9-13-35-14-10-24/h1-6,15,17,33H,7-14H2,(H,30,32). The largest absolute Gasteiger partial charge is 0.611 e. The van der Waals surface area contributed by atoms with Crippen molar-refractivity contribution in [2.24, 2.45) is 0 Å². The molecule has 2 aliphatic heterocycles. The minimum absolute atomic E-state index is 0.0904. The van der Waals surface area contributed by atoms with Crippen molar-refractivity contribution < 1.29 is 41.9 Å². The number of halogens is 3. The quantitative estimate of drug-likeness (QED) is 0.238. The van der Waals surface area contributed by atoms with Gasteiger partial charge in [-0.1, -0.05) is 11.3 Å². The molecule has 0 bridgehead atoms. The van der Waals surface area contributed by atoms with Crippen LogP contribution in [-0.2, 0) is 20.7 Å². The Morgan fingerprint density at radius 1 is 1.15 bits per heavy atom. The van der Waals surface area contributed by atoms with Crippen molar-refractivity contribution in [2.75, 3.05) is 31.2 Å². The van der Waals surface area contributed by atoms with Crippen LogP contribution in [0.1, 0.15) is 25.7 Å². The van der Waals surface area contributed by atoms with Gasteiger partial charge in [-0.25, -0.2) is 10.5 Å². The zero-order chi connectivity index (χ0) is 27.6. The van der Waals surface area contributed by atoms with Gasteiger partial charge in [-0.2, -0.15) is 0 Å². The molecule has 210 valence electrons. The normalized spacial score (nSPS) is 19.1. The number of alkyl halides is 3. The first-order chi connectivity index (χ1) is 18.7. The lowest BCUT2D eigenvalue weighted by molar-refractivity contribution is -0.274. The number of carbonyl (C=O) groups is 1. The first-order valence-corrected chi connectivity index (χ1v) is 14.3. The SMILES string of the molecule is O=C(NO)C1([S+]([O-])c2ccc3nc(N4CCC(Oc5ccc(OC(F)(F)F)cc5)CC4)sc3c2)CCOCC1. The number of nitrogens with zero attached hydrogens (tertiary/aromatic N) is 2. The van der Waals surface area contributed by atoms with E-state index in [1.165, 1.54) is 35.6 Å². The summed E-state index contributed by atoms with van der Waals surface area (Å²) in [5.41, 5.74) is 2.43. The predicted octanol–water partition coefficient (Wildman–Crippen LogP) is 4.40. The number of ether oxygens (including phenoxy) is 3. The third kappa shape index (κ3) is 6.19. The zero-order valence-electron chi connectivity index (χ0n) is 20.6. The Kier molecular flexibility index (Phi) is 8.10. The highest BCUT2D eigenvalue weighted by Crippen LogP contribution is 2.38. The first-order valence-electron chi connectivity index (χ1n) is 12.3. The molecule has 1 unspecified atom stereocenters. The summed E-state index contributed by atoms with van der Waals surface area (Å²) in [6, 6.07) is 10.6. The van der Waals surface area contributed by atoms with Crippen molar-refractivity contribution >= 4 is 43.8 Å². The minimum Gasteiger partial charge on any atom is -0.611 e. The molecule has 14 heteroatoms. The van der Waals surface area contributed by atoms with Gasteiger partial charge in [0, 0.05) is 56.0 Å². The highest BCUT2D eigenvalue weighted by atomic mass is 32.2. The molecule has 2 N–H and O–H groups in total. The number of hydrogen-bond acceptors (Lipinski definition) is 9. The lowest BCUT2D eigenvalue weighted by Gasteiger charge is -2.35. The lowest BCUT2D eigenvalue weighted by Crippen LogP contribution is -2.54. The van der Waals surface area contributed by atoms with Gasteiger partial charge in [-0.05, 0) is 36.4 Å². The summed E-state index contributed by atoms with van der Waals surface area (Å²) < 4.78 is 65.3. The predicted molar refractivity (Wildman–Crippen MR) is 138 cm³/mol. The van der Waals surface area contributed by atoms with Crippen molar-refractivity contribution in [3.8, 4) is 11.5 Å². The summed E-state index contributed by atoms with van der Waals surface area (Å²) >= 11 is -0.242. The topological polar surface area (TPSA) is 116 Å². The van der Waals surface area contributed by atoms with E-state index in [0.717, 1.165) is 15.3 Å². The van der Waals surface area contributed by atoms with E-state index in [0.29, 0.717) is 36.6 Å². The van der Waals surface area contributed by atoms with E-state index >= 15 is 0 Å². The van der Waals surface area contributed by atoms with Crippen molar-refractivity contribution in [3.63, 3.8) is 0 Å². The highest BCUT2D eigenvalue weighted by Gasteiger charge is 2.52. The summed E-state index contributed by atoms with van der Waals surface area (Å²) in [6.07, 6.45) is -2.95. The van der Waals surface area contributed by atoms with Gasteiger partial charge in [0.25, 0.3) is 5.91 Å². The number of nitrogens with one attached hydrogen (secondary N) is 1. The van der Waals surface area contributed by atoms with Crippen LogP contribution in [0, 0.1) is 0 Å². The minimum atomic E-state index is -4.74. The van der Waals surface area contributed by atoms with E-state index in [1.807, 2.05) is 0 Å². The summed E-state index contributed by atoms with van der Waals surface area (Å²) in [6.45, 7) is 1.92. The summed E-state index contributed by atoms with van der Waals surface area (Å²) in [7, 11) is 0. The fourth-order valence-corrected chi connectivity index (χ4v) is 7.50. The van der Waals surface area contributed by atoms with Gasteiger partial charge < -0.3 is 23.7 Å². The molecule has 2 aromatic carbocycles. The van der Waals surface area contributed by atoms with Gasteiger partial charge in [0.1, 0.15) is 17.6 Å². The average Bonchev–Trinajstić information content (AvgIpc) is 3.37. The van der Waals surface area contributed by atoms with Crippen molar-refractivity contribution in [1.82, 2.24) is 10.5 Å². The van der Waals surface area contributed by atoms with Crippen molar-refractivity contribution in [3.05, 3.63) is 42.5 Å². The van der Waals surface area contributed by atoms with Crippen LogP contribution >= 0.6 is 11.3 Å². The molecule has 0 saturated carbocycles. The molecule has 39 heavy (non-hydrogen) atoms. The Bertz CT molecular complexity index is 1290. The van der Waals surface area contributed by atoms with Crippen LogP contribution in [-0.4, -0.2) is 64.2 Å². The first kappa shape index (κ1) is 27.8. The second-order valence-electron chi connectivity index (χ2n) is 9.27. The van der Waals surface area contributed by atoms with E-state index in [9.17, 15) is 27.7 Å². The second kappa shape index (κ2) is 11.4. The molecule has 5 rings (SSSR count). The maximum atomic E-state index is 13.5. The Morgan fingerprint density at radius 3 is 2.46 bits per heavy atom. The number of piperidine rings is 1. The number of fused-ring (bicyclic) bond motifs is 1. The van der Waals surface area contributed by atoms with Gasteiger partial charge in [0.05, 0.1) is 23.4 Å². The number of rotatable bonds is 7. The summed E-state index contributed by atoms with van der Waals surface area (Å²) in [5, 5.41) is 10.1. The highest BCUT2D eigenvalue weighted by molar-refractivity contribution is 7.93. The molecule has 2 fully saturated rings. The van der Waals surface area contributed by atoms with Crippen LogP contribution in [0.5, 0.6) is 11.5 Å². The van der Waals surface area contributed by atoms with E-state index in [-0.39, 0.29) is 37.9 Å². The molecule has 0 radical (unpaired) electrons. The Hall–Kier alpha value is -2.78. The maximum Gasteiger partial charge on any atom is 0.573 e.